The Hall–Kier alpha value is -2.72. The summed E-state index contributed by atoms with van der Waals surface area (Å²) < 4.78 is 64.4. The molecule has 10 heteroatoms. The number of piperidine rings is 1. The number of carbonyl (C=O) groups excluding carboxylic acids is 1. The number of rotatable bonds is 6. The van der Waals surface area contributed by atoms with Crippen molar-refractivity contribution in [2.24, 2.45) is 5.92 Å². The van der Waals surface area contributed by atoms with E-state index in [0.29, 0.717) is 37.0 Å². The van der Waals surface area contributed by atoms with Crippen LogP contribution in [0.4, 0.5) is 8.78 Å². The minimum atomic E-state index is -3.96. The monoisotopic (exact) mass is 494 g/mol. The van der Waals surface area contributed by atoms with E-state index in [1.807, 2.05) is 23.1 Å². The highest BCUT2D eigenvalue weighted by Gasteiger charge is 2.38. The first kappa shape index (κ1) is 24.4. The summed E-state index contributed by atoms with van der Waals surface area (Å²) in [7, 11) is -0.819. The number of amides is 1. The molecule has 2 aliphatic heterocycles. The second-order valence-electron chi connectivity index (χ2n) is 8.56. The van der Waals surface area contributed by atoms with Crippen molar-refractivity contribution < 1.29 is 31.5 Å². The van der Waals surface area contributed by atoms with Crippen LogP contribution >= 0.6 is 0 Å². The van der Waals surface area contributed by atoms with Crippen LogP contribution in [0.25, 0.3) is 0 Å². The van der Waals surface area contributed by atoms with Crippen molar-refractivity contribution in [3.63, 3.8) is 0 Å². The first-order chi connectivity index (χ1) is 16.3. The molecule has 0 spiro atoms. The summed E-state index contributed by atoms with van der Waals surface area (Å²) in [6.07, 6.45) is 2.46. The molecule has 0 radical (unpaired) electrons. The molecule has 7 nitrogen and oxygen atoms in total. The van der Waals surface area contributed by atoms with Crippen molar-refractivity contribution in [3.8, 4) is 11.5 Å². The van der Waals surface area contributed by atoms with Crippen LogP contribution in [0, 0.1) is 17.6 Å². The van der Waals surface area contributed by atoms with E-state index in [1.165, 1.54) is 4.31 Å². The predicted octanol–water partition coefficient (Wildman–Crippen LogP) is 3.75. The minimum Gasteiger partial charge on any atom is -0.493 e. The largest absolute Gasteiger partial charge is 0.493 e. The van der Waals surface area contributed by atoms with E-state index in [1.54, 1.807) is 14.2 Å². The van der Waals surface area contributed by atoms with Crippen LogP contribution in [0.15, 0.2) is 41.3 Å². The van der Waals surface area contributed by atoms with E-state index in [2.05, 4.69) is 0 Å². The van der Waals surface area contributed by atoms with Crippen molar-refractivity contribution in [2.75, 3.05) is 33.9 Å². The zero-order valence-electron chi connectivity index (χ0n) is 19.2. The van der Waals surface area contributed by atoms with E-state index < -0.39 is 21.7 Å². The Labute approximate surface area is 198 Å². The van der Waals surface area contributed by atoms with Gasteiger partial charge in [-0.2, -0.15) is 4.31 Å². The standard InChI is InChI=1S/C24H28F2N2O5S/c1-32-22-8-5-17(14-23(22)33-2)21-4-3-11-28(21)24(29)16-9-12-27(13-10-16)34(30,31)18-6-7-19(25)20(26)15-18/h5-8,14-16,21H,3-4,9-13H2,1-2H3. The Kier molecular flexibility index (Phi) is 7.09. The van der Waals surface area contributed by atoms with Gasteiger partial charge < -0.3 is 14.4 Å². The van der Waals surface area contributed by atoms with Gasteiger partial charge in [0.15, 0.2) is 23.1 Å². The average molecular weight is 495 g/mol. The van der Waals surface area contributed by atoms with Gasteiger partial charge in [-0.05, 0) is 61.6 Å². The Morgan fingerprint density at radius 1 is 0.912 bits per heavy atom. The van der Waals surface area contributed by atoms with Gasteiger partial charge >= 0.3 is 0 Å². The number of methoxy groups -OCH3 is 2. The molecule has 2 saturated heterocycles. The van der Waals surface area contributed by atoms with Gasteiger partial charge in [0.1, 0.15) is 0 Å². The topological polar surface area (TPSA) is 76.2 Å². The zero-order valence-corrected chi connectivity index (χ0v) is 20.0. The smallest absolute Gasteiger partial charge is 0.243 e. The highest BCUT2D eigenvalue weighted by atomic mass is 32.2. The number of carbonyl (C=O) groups is 1. The van der Waals surface area contributed by atoms with E-state index in [4.69, 9.17) is 9.47 Å². The Bertz CT molecular complexity index is 1170. The Morgan fingerprint density at radius 3 is 2.26 bits per heavy atom. The first-order valence-corrected chi connectivity index (χ1v) is 12.7. The summed E-state index contributed by atoms with van der Waals surface area (Å²) in [5.41, 5.74) is 0.974. The molecule has 34 heavy (non-hydrogen) atoms. The molecule has 0 saturated carbocycles. The molecule has 1 atom stereocenters. The lowest BCUT2D eigenvalue weighted by atomic mass is 9.95. The Morgan fingerprint density at radius 2 is 1.62 bits per heavy atom. The van der Waals surface area contributed by atoms with Crippen LogP contribution in [0.2, 0.25) is 0 Å². The molecule has 0 bridgehead atoms. The highest BCUT2D eigenvalue weighted by Crippen LogP contribution is 2.38. The normalized spacial score (nSPS) is 19.9. The van der Waals surface area contributed by atoms with Crippen molar-refractivity contribution in [1.29, 1.82) is 0 Å². The number of likely N-dealkylation sites (tertiary alicyclic amines) is 1. The summed E-state index contributed by atoms with van der Waals surface area (Å²) in [4.78, 5) is 15.0. The predicted molar refractivity (Wildman–Crippen MR) is 121 cm³/mol. The number of sulfonamides is 1. The molecule has 2 aromatic rings. The molecular formula is C24H28F2N2O5S. The Balaban J connectivity index is 1.44. The van der Waals surface area contributed by atoms with Gasteiger partial charge in [-0.1, -0.05) is 6.07 Å². The lowest BCUT2D eigenvalue weighted by Gasteiger charge is -2.34. The van der Waals surface area contributed by atoms with Crippen LogP contribution in [-0.2, 0) is 14.8 Å². The highest BCUT2D eigenvalue weighted by molar-refractivity contribution is 7.89. The van der Waals surface area contributed by atoms with Crippen LogP contribution in [-0.4, -0.2) is 57.4 Å². The van der Waals surface area contributed by atoms with Crippen LogP contribution in [0.3, 0.4) is 0 Å². The summed E-state index contributed by atoms with van der Waals surface area (Å²) in [6.45, 7) is 0.935. The van der Waals surface area contributed by atoms with Crippen LogP contribution in [0.1, 0.15) is 37.3 Å². The third-order valence-electron chi connectivity index (χ3n) is 6.66. The molecule has 2 aromatic carbocycles. The molecule has 2 heterocycles. The minimum absolute atomic E-state index is 0.0159. The number of benzene rings is 2. The van der Waals surface area contributed by atoms with Gasteiger partial charge in [-0.15, -0.1) is 0 Å². The number of hydrogen-bond donors (Lipinski definition) is 0. The first-order valence-electron chi connectivity index (χ1n) is 11.2. The molecule has 0 aliphatic carbocycles. The maximum Gasteiger partial charge on any atom is 0.243 e. The van der Waals surface area contributed by atoms with Gasteiger partial charge in [-0.3, -0.25) is 4.79 Å². The van der Waals surface area contributed by atoms with Gasteiger partial charge in [0.2, 0.25) is 15.9 Å². The van der Waals surface area contributed by atoms with Crippen LogP contribution in [0.5, 0.6) is 11.5 Å². The number of nitrogens with zero attached hydrogens (tertiary/aromatic N) is 2. The van der Waals surface area contributed by atoms with Gasteiger partial charge in [0, 0.05) is 25.6 Å². The number of halogens is 2. The second-order valence-corrected chi connectivity index (χ2v) is 10.5. The van der Waals surface area contributed by atoms with Crippen molar-refractivity contribution in [1.82, 2.24) is 9.21 Å². The molecule has 4 rings (SSSR count). The van der Waals surface area contributed by atoms with E-state index in [0.717, 1.165) is 30.5 Å². The van der Waals surface area contributed by atoms with Crippen molar-refractivity contribution in [2.45, 2.75) is 36.6 Å². The second kappa shape index (κ2) is 9.87. The van der Waals surface area contributed by atoms with Crippen molar-refractivity contribution in [3.05, 3.63) is 53.6 Å². The maximum atomic E-state index is 13.6. The fraction of sp³-hybridized carbons (Fsp3) is 0.458. The summed E-state index contributed by atoms with van der Waals surface area (Å²) in [5.74, 6) is -1.36. The maximum absolute atomic E-state index is 13.6. The summed E-state index contributed by atoms with van der Waals surface area (Å²) >= 11 is 0. The SMILES string of the molecule is COc1ccc(C2CCCN2C(=O)C2CCN(S(=O)(=O)c3ccc(F)c(F)c3)CC2)cc1OC. The number of hydrogen-bond acceptors (Lipinski definition) is 5. The molecule has 0 N–H and O–H groups in total. The fourth-order valence-corrected chi connectivity index (χ4v) is 6.28. The molecule has 1 amide bonds. The summed E-state index contributed by atoms with van der Waals surface area (Å²) in [6, 6.07) is 8.15. The molecule has 2 aliphatic rings. The van der Waals surface area contributed by atoms with Crippen molar-refractivity contribution >= 4 is 15.9 Å². The molecule has 2 fully saturated rings. The van der Waals surface area contributed by atoms with Gasteiger partial charge in [0.05, 0.1) is 25.2 Å². The lowest BCUT2D eigenvalue weighted by molar-refractivity contribution is -0.137. The molecule has 0 aromatic heterocycles. The summed E-state index contributed by atoms with van der Waals surface area (Å²) in [5, 5.41) is 0. The van der Waals surface area contributed by atoms with Gasteiger partial charge in [0.25, 0.3) is 0 Å². The molecule has 1 unspecified atom stereocenters. The lowest BCUT2D eigenvalue weighted by Crippen LogP contribution is -2.44. The number of ether oxygens (including phenoxy) is 2. The fourth-order valence-electron chi connectivity index (χ4n) is 4.80. The van der Waals surface area contributed by atoms with E-state index >= 15 is 0 Å². The molecule has 184 valence electrons. The van der Waals surface area contributed by atoms with Gasteiger partial charge in [-0.25, -0.2) is 17.2 Å². The van der Waals surface area contributed by atoms with E-state index in [9.17, 15) is 22.0 Å². The van der Waals surface area contributed by atoms with Crippen LogP contribution < -0.4 is 9.47 Å². The third kappa shape index (κ3) is 4.61. The quantitative estimate of drug-likeness (QED) is 0.612. The van der Waals surface area contributed by atoms with E-state index in [-0.39, 0.29) is 35.9 Å². The zero-order chi connectivity index (χ0) is 24.5. The molecular weight excluding hydrogens is 466 g/mol. The average Bonchev–Trinajstić information content (AvgIpc) is 3.34. The third-order valence-corrected chi connectivity index (χ3v) is 8.55.